The van der Waals surface area contributed by atoms with Crippen molar-refractivity contribution in [1.29, 1.82) is 0 Å². The van der Waals surface area contributed by atoms with Gasteiger partial charge in [0.15, 0.2) is 0 Å². The van der Waals surface area contributed by atoms with E-state index >= 15 is 0 Å². The van der Waals surface area contributed by atoms with Crippen molar-refractivity contribution in [2.45, 2.75) is 32.7 Å². The maximum atomic E-state index is 12.0. The second kappa shape index (κ2) is 6.40. The molecule has 0 heterocycles. The van der Waals surface area contributed by atoms with Crippen LogP contribution in [0.4, 0.5) is 0 Å². The summed E-state index contributed by atoms with van der Waals surface area (Å²) < 4.78 is 0. The molecule has 0 aliphatic rings. The summed E-state index contributed by atoms with van der Waals surface area (Å²) in [4.78, 5) is 12.0. The third kappa shape index (κ3) is 3.86. The van der Waals surface area contributed by atoms with Crippen LogP contribution in [-0.2, 0) is 4.79 Å². The fourth-order valence-corrected chi connectivity index (χ4v) is 1.54. The van der Waals surface area contributed by atoms with Crippen LogP contribution >= 0.6 is 0 Å². The number of benzene rings is 1. The zero-order valence-electron chi connectivity index (χ0n) is 10.7. The molecule has 3 heteroatoms. The first-order chi connectivity index (χ1) is 8.06. The molecule has 94 valence electrons. The molecular weight excluding hydrogens is 214 g/mol. The maximum Gasteiger partial charge on any atom is 0.227 e. The number of rotatable bonds is 5. The van der Waals surface area contributed by atoms with Crippen LogP contribution in [0.15, 0.2) is 30.3 Å². The molecule has 0 spiro atoms. The van der Waals surface area contributed by atoms with Crippen molar-refractivity contribution < 1.29 is 9.90 Å². The van der Waals surface area contributed by atoms with E-state index in [0.717, 1.165) is 5.56 Å². The predicted octanol–water partition coefficient (Wildman–Crippen LogP) is 1.92. The van der Waals surface area contributed by atoms with Gasteiger partial charge in [0.1, 0.15) is 0 Å². The van der Waals surface area contributed by atoms with E-state index in [1.54, 1.807) is 0 Å². The lowest BCUT2D eigenvalue weighted by Crippen LogP contribution is -2.40. The fourth-order valence-electron chi connectivity index (χ4n) is 1.54. The summed E-state index contributed by atoms with van der Waals surface area (Å²) in [6.07, 6.45) is 0. The van der Waals surface area contributed by atoms with Gasteiger partial charge in [-0.3, -0.25) is 4.79 Å². The van der Waals surface area contributed by atoms with Gasteiger partial charge < -0.3 is 10.4 Å². The van der Waals surface area contributed by atoms with E-state index in [1.165, 1.54) is 0 Å². The van der Waals surface area contributed by atoms with Crippen molar-refractivity contribution >= 4 is 5.91 Å². The molecule has 1 aromatic rings. The van der Waals surface area contributed by atoms with Crippen LogP contribution in [-0.4, -0.2) is 23.7 Å². The third-order valence-corrected chi connectivity index (χ3v) is 3.20. The number of aliphatic hydroxyl groups is 1. The zero-order chi connectivity index (χ0) is 12.8. The van der Waals surface area contributed by atoms with E-state index in [9.17, 15) is 4.79 Å². The second-order valence-electron chi connectivity index (χ2n) is 4.59. The topological polar surface area (TPSA) is 49.3 Å². The SMILES string of the molecule is CC(C(=O)NC(C)C(C)CO)c1ccccc1. The Morgan fingerprint density at radius 1 is 1.24 bits per heavy atom. The van der Waals surface area contributed by atoms with E-state index in [2.05, 4.69) is 5.32 Å². The van der Waals surface area contributed by atoms with E-state index in [1.807, 2.05) is 51.1 Å². The molecule has 17 heavy (non-hydrogen) atoms. The average molecular weight is 235 g/mol. The van der Waals surface area contributed by atoms with Crippen LogP contribution in [0.1, 0.15) is 32.3 Å². The third-order valence-electron chi connectivity index (χ3n) is 3.20. The molecule has 0 aromatic heterocycles. The minimum atomic E-state index is -0.162. The minimum Gasteiger partial charge on any atom is -0.396 e. The van der Waals surface area contributed by atoms with E-state index in [0.29, 0.717) is 0 Å². The standard InChI is InChI=1S/C14H21NO2/c1-10(9-16)12(3)15-14(17)11(2)13-7-5-4-6-8-13/h4-8,10-12,16H,9H2,1-3H3,(H,15,17). The summed E-state index contributed by atoms with van der Waals surface area (Å²) in [6.45, 7) is 5.80. The molecule has 0 bridgehead atoms. The molecule has 0 aliphatic carbocycles. The quantitative estimate of drug-likeness (QED) is 0.819. The summed E-state index contributed by atoms with van der Waals surface area (Å²) in [7, 11) is 0. The summed E-state index contributed by atoms with van der Waals surface area (Å²) in [5.74, 6) is -0.0875. The van der Waals surface area contributed by atoms with Crippen LogP contribution in [0.2, 0.25) is 0 Å². The maximum absolute atomic E-state index is 12.0. The Kier molecular flexibility index (Phi) is 5.16. The highest BCUT2D eigenvalue weighted by atomic mass is 16.3. The Morgan fingerprint density at radius 3 is 2.35 bits per heavy atom. The van der Waals surface area contributed by atoms with Crippen molar-refractivity contribution in [3.8, 4) is 0 Å². The van der Waals surface area contributed by atoms with Gasteiger partial charge in [0.2, 0.25) is 5.91 Å². The molecule has 0 radical (unpaired) electrons. The first-order valence-corrected chi connectivity index (χ1v) is 6.02. The highest BCUT2D eigenvalue weighted by molar-refractivity contribution is 5.83. The van der Waals surface area contributed by atoms with Gasteiger partial charge in [0, 0.05) is 12.6 Å². The summed E-state index contributed by atoms with van der Waals surface area (Å²) in [5.41, 5.74) is 1.01. The molecule has 1 amide bonds. The molecule has 3 atom stereocenters. The summed E-state index contributed by atoms with van der Waals surface area (Å²) in [5, 5.41) is 12.0. The van der Waals surface area contributed by atoms with Crippen LogP contribution in [0.3, 0.4) is 0 Å². The predicted molar refractivity (Wildman–Crippen MR) is 68.7 cm³/mol. The Morgan fingerprint density at radius 2 is 1.82 bits per heavy atom. The molecule has 0 aliphatic heterocycles. The molecule has 3 nitrogen and oxygen atoms in total. The number of carbonyl (C=O) groups excluding carboxylic acids is 1. The molecule has 1 rings (SSSR count). The Bertz CT molecular complexity index is 350. The van der Waals surface area contributed by atoms with Crippen molar-refractivity contribution in [2.75, 3.05) is 6.61 Å². The van der Waals surface area contributed by atoms with E-state index < -0.39 is 0 Å². The van der Waals surface area contributed by atoms with Crippen LogP contribution in [0.5, 0.6) is 0 Å². The van der Waals surface area contributed by atoms with Crippen LogP contribution in [0.25, 0.3) is 0 Å². The normalized spacial score (nSPS) is 16.0. The first-order valence-electron chi connectivity index (χ1n) is 6.02. The minimum absolute atomic E-state index is 0.00370. The van der Waals surface area contributed by atoms with E-state index in [4.69, 9.17) is 5.11 Å². The zero-order valence-corrected chi connectivity index (χ0v) is 10.7. The van der Waals surface area contributed by atoms with Crippen molar-refractivity contribution in [2.24, 2.45) is 5.92 Å². The van der Waals surface area contributed by atoms with Gasteiger partial charge in [0.05, 0.1) is 5.92 Å². The van der Waals surface area contributed by atoms with Gasteiger partial charge in [-0.2, -0.15) is 0 Å². The number of hydrogen-bond donors (Lipinski definition) is 2. The molecular formula is C14H21NO2. The van der Waals surface area contributed by atoms with Gasteiger partial charge >= 0.3 is 0 Å². The number of nitrogens with one attached hydrogen (secondary N) is 1. The monoisotopic (exact) mass is 235 g/mol. The number of hydrogen-bond acceptors (Lipinski definition) is 2. The number of aliphatic hydroxyl groups excluding tert-OH is 1. The largest absolute Gasteiger partial charge is 0.396 e. The summed E-state index contributed by atoms with van der Waals surface area (Å²) >= 11 is 0. The van der Waals surface area contributed by atoms with Crippen molar-refractivity contribution in [1.82, 2.24) is 5.32 Å². The van der Waals surface area contributed by atoms with Gasteiger partial charge in [-0.1, -0.05) is 37.3 Å². The van der Waals surface area contributed by atoms with Crippen LogP contribution < -0.4 is 5.32 Å². The molecule has 2 N–H and O–H groups in total. The molecule has 3 unspecified atom stereocenters. The number of carbonyl (C=O) groups is 1. The van der Waals surface area contributed by atoms with Gasteiger partial charge in [0.25, 0.3) is 0 Å². The molecule has 0 fully saturated rings. The first kappa shape index (κ1) is 13.7. The average Bonchev–Trinajstić information content (AvgIpc) is 2.37. The van der Waals surface area contributed by atoms with Gasteiger partial charge in [-0.05, 0) is 25.3 Å². The van der Waals surface area contributed by atoms with Crippen molar-refractivity contribution in [3.63, 3.8) is 0 Å². The lowest BCUT2D eigenvalue weighted by molar-refractivity contribution is -0.123. The smallest absolute Gasteiger partial charge is 0.227 e. The Hall–Kier alpha value is -1.35. The fraction of sp³-hybridized carbons (Fsp3) is 0.500. The van der Waals surface area contributed by atoms with E-state index in [-0.39, 0.29) is 30.4 Å². The second-order valence-corrected chi connectivity index (χ2v) is 4.59. The lowest BCUT2D eigenvalue weighted by atomic mass is 9.98. The Balaban J connectivity index is 2.59. The van der Waals surface area contributed by atoms with Gasteiger partial charge in [-0.25, -0.2) is 0 Å². The highest BCUT2D eigenvalue weighted by Crippen LogP contribution is 2.15. The van der Waals surface area contributed by atoms with Gasteiger partial charge in [-0.15, -0.1) is 0 Å². The molecule has 0 saturated heterocycles. The summed E-state index contributed by atoms with van der Waals surface area (Å²) in [6, 6.07) is 9.68. The van der Waals surface area contributed by atoms with Crippen LogP contribution in [0, 0.1) is 5.92 Å². The molecule has 0 saturated carbocycles. The Labute approximate surface area is 103 Å². The lowest BCUT2D eigenvalue weighted by Gasteiger charge is -2.21. The molecule has 1 aromatic carbocycles. The highest BCUT2D eigenvalue weighted by Gasteiger charge is 2.19. The number of amides is 1. The van der Waals surface area contributed by atoms with Crippen molar-refractivity contribution in [3.05, 3.63) is 35.9 Å².